The number of allylic oxidation sites excluding steroid dienone is 1. The third kappa shape index (κ3) is 1.42. The molecular formula is C7H13N3O. The summed E-state index contributed by atoms with van der Waals surface area (Å²) >= 11 is 0. The number of aliphatic hydroxyl groups is 1. The summed E-state index contributed by atoms with van der Waals surface area (Å²) in [5, 5.41) is 9.35. The van der Waals surface area contributed by atoms with Crippen LogP contribution in [-0.4, -0.2) is 23.3 Å². The topological polar surface area (TPSA) is 98.3 Å². The van der Waals surface area contributed by atoms with Crippen molar-refractivity contribution in [3.05, 3.63) is 23.9 Å². The summed E-state index contributed by atoms with van der Waals surface area (Å²) < 4.78 is 0. The standard InChI is InChI=1S/C7H13N3O/c8-4-7(10)3-5(9)1-2-6(7)11/h1-3,6,11H,4,8-10H2. The molecule has 0 aliphatic heterocycles. The number of hydrogen-bond acceptors (Lipinski definition) is 4. The Hall–Kier alpha value is -0.840. The average Bonchev–Trinajstić information content (AvgIpc) is 1.98. The maximum absolute atomic E-state index is 9.35. The second kappa shape index (κ2) is 2.65. The number of aliphatic hydroxyl groups excluding tert-OH is 1. The van der Waals surface area contributed by atoms with Gasteiger partial charge in [0.2, 0.25) is 0 Å². The molecule has 0 saturated heterocycles. The first-order valence-electron chi connectivity index (χ1n) is 3.42. The molecule has 0 radical (unpaired) electrons. The van der Waals surface area contributed by atoms with Crippen LogP contribution in [0.3, 0.4) is 0 Å². The second-order valence-corrected chi connectivity index (χ2v) is 2.76. The van der Waals surface area contributed by atoms with Crippen LogP contribution in [0.4, 0.5) is 0 Å². The molecule has 0 spiro atoms. The van der Waals surface area contributed by atoms with E-state index in [0.717, 1.165) is 0 Å². The molecule has 2 atom stereocenters. The number of hydrogen-bond donors (Lipinski definition) is 4. The Kier molecular flexibility index (Phi) is 1.99. The molecule has 0 amide bonds. The van der Waals surface area contributed by atoms with E-state index < -0.39 is 11.6 Å². The number of rotatable bonds is 1. The average molecular weight is 155 g/mol. The van der Waals surface area contributed by atoms with Gasteiger partial charge >= 0.3 is 0 Å². The van der Waals surface area contributed by atoms with E-state index in [9.17, 15) is 5.11 Å². The van der Waals surface area contributed by atoms with E-state index in [1.54, 1.807) is 18.2 Å². The lowest BCUT2D eigenvalue weighted by Crippen LogP contribution is -2.55. The van der Waals surface area contributed by atoms with Crippen molar-refractivity contribution >= 4 is 0 Å². The van der Waals surface area contributed by atoms with Crippen LogP contribution in [0.15, 0.2) is 23.9 Å². The molecular weight excluding hydrogens is 142 g/mol. The first-order chi connectivity index (χ1) is 5.08. The minimum atomic E-state index is -0.890. The first-order valence-corrected chi connectivity index (χ1v) is 3.42. The predicted molar refractivity (Wildman–Crippen MR) is 43.4 cm³/mol. The van der Waals surface area contributed by atoms with Crippen LogP contribution >= 0.6 is 0 Å². The van der Waals surface area contributed by atoms with Crippen LogP contribution in [0, 0.1) is 0 Å². The maximum Gasteiger partial charge on any atom is 0.0953 e. The molecule has 0 fully saturated rings. The summed E-state index contributed by atoms with van der Waals surface area (Å²) in [6.07, 6.45) is 4.01. The smallest absolute Gasteiger partial charge is 0.0953 e. The van der Waals surface area contributed by atoms with Gasteiger partial charge in [-0.25, -0.2) is 0 Å². The molecule has 0 bridgehead atoms. The molecule has 0 aromatic rings. The summed E-state index contributed by atoms with van der Waals surface area (Å²) in [5.74, 6) is 0. The summed E-state index contributed by atoms with van der Waals surface area (Å²) in [6, 6.07) is 0. The lowest BCUT2D eigenvalue weighted by atomic mass is 9.88. The van der Waals surface area contributed by atoms with Crippen LogP contribution in [0.2, 0.25) is 0 Å². The van der Waals surface area contributed by atoms with Crippen LogP contribution in [0.5, 0.6) is 0 Å². The van der Waals surface area contributed by atoms with E-state index in [2.05, 4.69) is 0 Å². The minimum absolute atomic E-state index is 0.180. The summed E-state index contributed by atoms with van der Waals surface area (Å²) in [6.45, 7) is 0.180. The predicted octanol–water partition coefficient (Wildman–Crippen LogP) is -1.58. The Balaban J connectivity index is 2.89. The molecule has 1 rings (SSSR count). The van der Waals surface area contributed by atoms with Gasteiger partial charge in [0.1, 0.15) is 0 Å². The van der Waals surface area contributed by atoms with Gasteiger partial charge in [0.25, 0.3) is 0 Å². The zero-order valence-electron chi connectivity index (χ0n) is 6.20. The largest absolute Gasteiger partial charge is 0.399 e. The van der Waals surface area contributed by atoms with Gasteiger partial charge in [-0.2, -0.15) is 0 Å². The second-order valence-electron chi connectivity index (χ2n) is 2.76. The van der Waals surface area contributed by atoms with Crippen LogP contribution in [0.25, 0.3) is 0 Å². The van der Waals surface area contributed by atoms with Crippen molar-refractivity contribution in [3.63, 3.8) is 0 Å². The van der Waals surface area contributed by atoms with Gasteiger partial charge in [0, 0.05) is 12.2 Å². The van der Waals surface area contributed by atoms with E-state index in [4.69, 9.17) is 17.2 Å². The summed E-state index contributed by atoms with van der Waals surface area (Å²) in [5.41, 5.74) is 16.2. The van der Waals surface area contributed by atoms with Gasteiger partial charge in [-0.1, -0.05) is 6.08 Å². The number of nitrogens with two attached hydrogens (primary N) is 3. The van der Waals surface area contributed by atoms with Crippen molar-refractivity contribution in [2.75, 3.05) is 6.54 Å². The fourth-order valence-corrected chi connectivity index (χ4v) is 1.00. The molecule has 2 unspecified atom stereocenters. The van der Waals surface area contributed by atoms with Crippen LogP contribution < -0.4 is 17.2 Å². The van der Waals surface area contributed by atoms with Crippen molar-refractivity contribution in [1.29, 1.82) is 0 Å². The lowest BCUT2D eigenvalue weighted by molar-refractivity contribution is 0.155. The third-order valence-corrected chi connectivity index (χ3v) is 1.81. The van der Waals surface area contributed by atoms with Crippen LogP contribution in [0.1, 0.15) is 0 Å². The normalized spacial score (nSPS) is 37.0. The summed E-state index contributed by atoms with van der Waals surface area (Å²) in [7, 11) is 0. The van der Waals surface area contributed by atoms with E-state index in [1.165, 1.54) is 0 Å². The fourth-order valence-electron chi connectivity index (χ4n) is 1.00. The van der Waals surface area contributed by atoms with Crippen LogP contribution in [-0.2, 0) is 0 Å². The fraction of sp³-hybridized carbons (Fsp3) is 0.429. The van der Waals surface area contributed by atoms with Gasteiger partial charge < -0.3 is 22.3 Å². The molecule has 0 aromatic carbocycles. The molecule has 7 N–H and O–H groups in total. The highest BCUT2D eigenvalue weighted by Gasteiger charge is 2.30. The maximum atomic E-state index is 9.35. The highest BCUT2D eigenvalue weighted by Crippen LogP contribution is 2.15. The Morgan fingerprint density at radius 1 is 1.64 bits per heavy atom. The molecule has 11 heavy (non-hydrogen) atoms. The third-order valence-electron chi connectivity index (χ3n) is 1.81. The zero-order valence-corrected chi connectivity index (χ0v) is 6.20. The molecule has 62 valence electrons. The summed E-state index contributed by atoms with van der Waals surface area (Å²) in [4.78, 5) is 0. The Bertz CT molecular complexity index is 212. The Labute approximate surface area is 65.4 Å². The van der Waals surface area contributed by atoms with Crippen molar-refractivity contribution in [1.82, 2.24) is 0 Å². The zero-order chi connectivity index (χ0) is 8.48. The molecule has 0 aromatic heterocycles. The Morgan fingerprint density at radius 3 is 2.73 bits per heavy atom. The molecule has 4 heteroatoms. The highest BCUT2D eigenvalue weighted by molar-refractivity contribution is 5.31. The van der Waals surface area contributed by atoms with Gasteiger partial charge in [0.05, 0.1) is 11.6 Å². The molecule has 0 saturated carbocycles. The van der Waals surface area contributed by atoms with Gasteiger partial charge in [0.15, 0.2) is 0 Å². The quantitative estimate of drug-likeness (QED) is 0.367. The van der Waals surface area contributed by atoms with E-state index in [0.29, 0.717) is 5.70 Å². The molecule has 1 aliphatic rings. The SMILES string of the molecule is NCC1(N)C=C(N)C=CC1O. The highest BCUT2D eigenvalue weighted by atomic mass is 16.3. The van der Waals surface area contributed by atoms with Gasteiger partial charge in [-0.05, 0) is 12.2 Å². The van der Waals surface area contributed by atoms with Crippen molar-refractivity contribution in [2.24, 2.45) is 17.2 Å². The molecule has 1 aliphatic carbocycles. The minimum Gasteiger partial charge on any atom is -0.399 e. The van der Waals surface area contributed by atoms with Gasteiger partial charge in [-0.3, -0.25) is 0 Å². The van der Waals surface area contributed by atoms with E-state index >= 15 is 0 Å². The Morgan fingerprint density at radius 2 is 2.27 bits per heavy atom. The van der Waals surface area contributed by atoms with E-state index in [1.807, 2.05) is 0 Å². The van der Waals surface area contributed by atoms with Crippen molar-refractivity contribution < 1.29 is 5.11 Å². The lowest BCUT2D eigenvalue weighted by Gasteiger charge is -2.30. The van der Waals surface area contributed by atoms with E-state index in [-0.39, 0.29) is 6.54 Å². The van der Waals surface area contributed by atoms with Gasteiger partial charge in [-0.15, -0.1) is 0 Å². The monoisotopic (exact) mass is 155 g/mol. The first kappa shape index (κ1) is 8.26. The molecule has 0 heterocycles. The van der Waals surface area contributed by atoms with Crippen molar-refractivity contribution in [3.8, 4) is 0 Å². The molecule has 4 nitrogen and oxygen atoms in total. The van der Waals surface area contributed by atoms with Crippen molar-refractivity contribution in [2.45, 2.75) is 11.6 Å².